The summed E-state index contributed by atoms with van der Waals surface area (Å²) in [5.41, 5.74) is 0.442. The predicted octanol–water partition coefficient (Wildman–Crippen LogP) is 4.59. The Morgan fingerprint density at radius 1 is 1.00 bits per heavy atom. The van der Waals surface area contributed by atoms with Crippen LogP contribution in [0.2, 0.25) is 0 Å². The monoisotopic (exact) mass is 271 g/mol. The van der Waals surface area contributed by atoms with Gasteiger partial charge in [0, 0.05) is 13.7 Å². The average molecular weight is 271 g/mol. The molecule has 19 heavy (non-hydrogen) atoms. The van der Waals surface area contributed by atoms with Gasteiger partial charge in [0.2, 0.25) is 0 Å². The lowest BCUT2D eigenvalue weighted by Gasteiger charge is -2.26. The molecule has 0 bridgehead atoms. The average Bonchev–Trinajstić information content (AvgIpc) is 2.34. The molecule has 0 saturated carbocycles. The third-order valence-electron chi connectivity index (χ3n) is 3.86. The van der Waals surface area contributed by atoms with Gasteiger partial charge in [0.1, 0.15) is 0 Å². The summed E-state index contributed by atoms with van der Waals surface area (Å²) in [5, 5.41) is 0. The topological polar surface area (TPSA) is 12.5 Å². The van der Waals surface area contributed by atoms with Crippen molar-refractivity contribution >= 4 is 0 Å². The summed E-state index contributed by atoms with van der Waals surface area (Å²) in [6.07, 6.45) is 6.61. The molecule has 0 aromatic heterocycles. The van der Waals surface area contributed by atoms with Gasteiger partial charge in [0.05, 0.1) is 0 Å². The highest BCUT2D eigenvalue weighted by Gasteiger charge is 2.18. The van der Waals surface area contributed by atoms with Gasteiger partial charge in [0.25, 0.3) is 0 Å². The van der Waals surface area contributed by atoms with Crippen molar-refractivity contribution in [1.29, 1.82) is 0 Å². The van der Waals surface area contributed by atoms with Gasteiger partial charge in [-0.25, -0.2) is 0 Å². The van der Waals surface area contributed by atoms with Gasteiger partial charge in [-0.2, -0.15) is 0 Å². The molecule has 0 unspecified atom stereocenters. The molecule has 0 amide bonds. The van der Waals surface area contributed by atoms with E-state index < -0.39 is 0 Å². The molecule has 1 atom stereocenters. The first-order valence-electron chi connectivity index (χ1n) is 8.14. The number of unbranched alkanes of at least 4 members (excludes halogenated alkanes) is 1. The van der Waals surface area contributed by atoms with Crippen molar-refractivity contribution in [2.75, 3.05) is 33.4 Å². The highest BCUT2D eigenvalue weighted by molar-refractivity contribution is 4.70. The SMILES string of the molecule is CCN(CC)CCCC[C@@H](CCOC)CC(C)(C)C. The van der Waals surface area contributed by atoms with E-state index in [1.165, 1.54) is 51.7 Å². The number of ether oxygens (including phenoxy) is 1. The second-order valence-corrected chi connectivity index (χ2v) is 6.93. The van der Waals surface area contributed by atoms with Crippen LogP contribution in [0.1, 0.15) is 66.7 Å². The molecule has 2 nitrogen and oxygen atoms in total. The predicted molar refractivity (Wildman–Crippen MR) is 85.7 cm³/mol. The Kier molecular flexibility index (Phi) is 10.6. The fourth-order valence-corrected chi connectivity index (χ4v) is 2.81. The summed E-state index contributed by atoms with van der Waals surface area (Å²) in [6, 6.07) is 0. The maximum atomic E-state index is 5.26. The first kappa shape index (κ1) is 18.9. The van der Waals surface area contributed by atoms with Gasteiger partial charge in [-0.3, -0.25) is 0 Å². The standard InChI is InChI=1S/C17H37NO/c1-7-18(8-2)13-10-9-11-16(12-14-19-6)15-17(3,4)5/h16H,7-15H2,1-6H3/t16-/m0/s1. The number of hydrogen-bond donors (Lipinski definition) is 0. The maximum Gasteiger partial charge on any atom is 0.0464 e. The van der Waals surface area contributed by atoms with Crippen LogP contribution in [0.15, 0.2) is 0 Å². The molecule has 2 heteroatoms. The van der Waals surface area contributed by atoms with E-state index in [0.29, 0.717) is 5.41 Å². The second kappa shape index (κ2) is 10.7. The van der Waals surface area contributed by atoms with Crippen molar-refractivity contribution in [1.82, 2.24) is 4.90 Å². The quantitative estimate of drug-likeness (QED) is 0.510. The largest absolute Gasteiger partial charge is 0.385 e. The lowest BCUT2D eigenvalue weighted by molar-refractivity contribution is 0.156. The van der Waals surface area contributed by atoms with E-state index in [9.17, 15) is 0 Å². The Balaban J connectivity index is 3.91. The Labute approximate surface area is 121 Å². The Hall–Kier alpha value is -0.0800. The minimum absolute atomic E-state index is 0.442. The fraction of sp³-hybridized carbons (Fsp3) is 1.00. The van der Waals surface area contributed by atoms with E-state index in [4.69, 9.17) is 4.74 Å². The van der Waals surface area contributed by atoms with Crippen LogP contribution in [-0.2, 0) is 4.74 Å². The summed E-state index contributed by atoms with van der Waals surface area (Å²) in [6.45, 7) is 16.1. The van der Waals surface area contributed by atoms with Gasteiger partial charge < -0.3 is 9.64 Å². The summed E-state index contributed by atoms with van der Waals surface area (Å²) < 4.78 is 5.26. The van der Waals surface area contributed by atoms with Crippen molar-refractivity contribution < 1.29 is 4.74 Å². The number of hydrogen-bond acceptors (Lipinski definition) is 2. The van der Waals surface area contributed by atoms with E-state index in [1.54, 1.807) is 0 Å². The molecular weight excluding hydrogens is 234 g/mol. The normalized spacial score (nSPS) is 14.1. The smallest absolute Gasteiger partial charge is 0.0464 e. The zero-order valence-corrected chi connectivity index (χ0v) is 14.3. The van der Waals surface area contributed by atoms with Gasteiger partial charge in [-0.15, -0.1) is 0 Å². The van der Waals surface area contributed by atoms with E-state index in [-0.39, 0.29) is 0 Å². The van der Waals surface area contributed by atoms with Crippen LogP contribution in [-0.4, -0.2) is 38.3 Å². The fourth-order valence-electron chi connectivity index (χ4n) is 2.81. The van der Waals surface area contributed by atoms with Gasteiger partial charge in [-0.1, -0.05) is 47.5 Å². The molecular formula is C17H37NO. The summed E-state index contributed by atoms with van der Waals surface area (Å²) in [7, 11) is 1.81. The Bertz CT molecular complexity index is 194. The molecule has 116 valence electrons. The third kappa shape index (κ3) is 11.4. The third-order valence-corrected chi connectivity index (χ3v) is 3.86. The molecule has 0 rings (SSSR count). The molecule has 0 aliphatic carbocycles. The van der Waals surface area contributed by atoms with Crippen LogP contribution in [0.25, 0.3) is 0 Å². The molecule has 0 aliphatic heterocycles. The molecule has 0 heterocycles. The molecule has 0 aromatic carbocycles. The Morgan fingerprint density at radius 2 is 1.63 bits per heavy atom. The van der Waals surface area contributed by atoms with Crippen molar-refractivity contribution in [2.45, 2.75) is 66.7 Å². The summed E-state index contributed by atoms with van der Waals surface area (Å²) in [4.78, 5) is 2.52. The number of methoxy groups -OCH3 is 1. The first-order valence-corrected chi connectivity index (χ1v) is 8.14. The molecule has 0 aliphatic rings. The van der Waals surface area contributed by atoms with Crippen LogP contribution in [0, 0.1) is 11.3 Å². The zero-order valence-electron chi connectivity index (χ0n) is 14.3. The van der Waals surface area contributed by atoms with E-state index in [1.807, 2.05) is 7.11 Å². The zero-order chi connectivity index (χ0) is 14.7. The molecule has 0 N–H and O–H groups in total. The van der Waals surface area contributed by atoms with Crippen molar-refractivity contribution in [3.8, 4) is 0 Å². The highest BCUT2D eigenvalue weighted by Crippen LogP contribution is 2.29. The van der Waals surface area contributed by atoms with Crippen molar-refractivity contribution in [2.24, 2.45) is 11.3 Å². The maximum absolute atomic E-state index is 5.26. The van der Waals surface area contributed by atoms with Crippen molar-refractivity contribution in [3.63, 3.8) is 0 Å². The lowest BCUT2D eigenvalue weighted by atomic mass is 9.81. The van der Waals surface area contributed by atoms with Crippen LogP contribution in [0.5, 0.6) is 0 Å². The first-order chi connectivity index (χ1) is 8.92. The second-order valence-electron chi connectivity index (χ2n) is 6.93. The summed E-state index contributed by atoms with van der Waals surface area (Å²) >= 11 is 0. The molecule has 0 aromatic rings. The van der Waals surface area contributed by atoms with E-state index >= 15 is 0 Å². The van der Waals surface area contributed by atoms with Crippen LogP contribution < -0.4 is 0 Å². The van der Waals surface area contributed by atoms with E-state index in [2.05, 4.69) is 39.5 Å². The molecule has 0 fully saturated rings. The minimum Gasteiger partial charge on any atom is -0.385 e. The van der Waals surface area contributed by atoms with Gasteiger partial charge in [0.15, 0.2) is 0 Å². The van der Waals surface area contributed by atoms with Crippen molar-refractivity contribution in [3.05, 3.63) is 0 Å². The number of rotatable bonds is 11. The van der Waals surface area contributed by atoms with Crippen LogP contribution in [0.4, 0.5) is 0 Å². The number of nitrogens with zero attached hydrogens (tertiary/aromatic N) is 1. The summed E-state index contributed by atoms with van der Waals surface area (Å²) in [5.74, 6) is 0.830. The minimum atomic E-state index is 0.442. The lowest BCUT2D eigenvalue weighted by Crippen LogP contribution is -2.24. The van der Waals surface area contributed by atoms with Gasteiger partial charge in [-0.05, 0) is 50.2 Å². The molecule has 0 radical (unpaired) electrons. The molecule has 0 spiro atoms. The molecule has 0 saturated heterocycles. The van der Waals surface area contributed by atoms with Crippen LogP contribution in [0.3, 0.4) is 0 Å². The van der Waals surface area contributed by atoms with Crippen LogP contribution >= 0.6 is 0 Å². The van der Waals surface area contributed by atoms with E-state index in [0.717, 1.165) is 12.5 Å². The van der Waals surface area contributed by atoms with Gasteiger partial charge >= 0.3 is 0 Å². The Morgan fingerprint density at radius 3 is 2.11 bits per heavy atom. The highest BCUT2D eigenvalue weighted by atomic mass is 16.5.